The first-order chi connectivity index (χ1) is 13.1. The highest BCUT2D eigenvalue weighted by molar-refractivity contribution is 6.36. The summed E-state index contributed by atoms with van der Waals surface area (Å²) in [6.45, 7) is 3.25. The zero-order valence-corrected chi connectivity index (χ0v) is 16.2. The summed E-state index contributed by atoms with van der Waals surface area (Å²) >= 11 is 6.18. The number of alkyl halides is 3. The SMILES string of the molecule is Cc1cc(C(F)(F)F)n2nc(C(=O)N(C)C(C)CCc3ccco3)c(Cl)c2n1. The van der Waals surface area contributed by atoms with Gasteiger partial charge in [-0.3, -0.25) is 4.79 Å². The van der Waals surface area contributed by atoms with Gasteiger partial charge in [-0.2, -0.15) is 18.3 Å². The third kappa shape index (κ3) is 3.84. The zero-order valence-electron chi connectivity index (χ0n) is 15.4. The lowest BCUT2D eigenvalue weighted by Crippen LogP contribution is -2.35. The van der Waals surface area contributed by atoms with Crippen LogP contribution in [0.25, 0.3) is 5.65 Å². The molecular weight excluding hydrogens is 397 g/mol. The third-order valence-electron chi connectivity index (χ3n) is 4.52. The van der Waals surface area contributed by atoms with Crippen molar-refractivity contribution in [1.82, 2.24) is 19.5 Å². The van der Waals surface area contributed by atoms with Crippen molar-refractivity contribution >= 4 is 23.2 Å². The Morgan fingerprint density at radius 1 is 1.43 bits per heavy atom. The maximum absolute atomic E-state index is 13.3. The molecule has 0 radical (unpaired) electrons. The van der Waals surface area contributed by atoms with Gasteiger partial charge < -0.3 is 9.32 Å². The largest absolute Gasteiger partial charge is 0.469 e. The van der Waals surface area contributed by atoms with E-state index in [-0.39, 0.29) is 28.1 Å². The van der Waals surface area contributed by atoms with Crippen molar-refractivity contribution in [2.24, 2.45) is 0 Å². The van der Waals surface area contributed by atoms with E-state index in [9.17, 15) is 18.0 Å². The molecule has 0 aliphatic heterocycles. The quantitative estimate of drug-likeness (QED) is 0.621. The normalized spacial score (nSPS) is 13.1. The van der Waals surface area contributed by atoms with Gasteiger partial charge >= 0.3 is 6.18 Å². The second kappa shape index (κ2) is 7.46. The number of fused-ring (bicyclic) bond motifs is 1. The summed E-state index contributed by atoms with van der Waals surface area (Å²) in [4.78, 5) is 18.2. The highest BCUT2D eigenvalue weighted by Gasteiger charge is 2.36. The van der Waals surface area contributed by atoms with Crippen LogP contribution in [0.15, 0.2) is 28.9 Å². The molecular formula is C18H18ClF3N4O2. The van der Waals surface area contributed by atoms with E-state index in [0.717, 1.165) is 11.8 Å². The van der Waals surface area contributed by atoms with E-state index < -0.39 is 17.8 Å². The van der Waals surface area contributed by atoms with Crippen LogP contribution in [0, 0.1) is 6.92 Å². The fourth-order valence-electron chi connectivity index (χ4n) is 2.82. The number of carbonyl (C=O) groups is 1. The summed E-state index contributed by atoms with van der Waals surface area (Å²) in [6.07, 6.45) is -1.88. The van der Waals surface area contributed by atoms with Crippen LogP contribution in [0.4, 0.5) is 13.2 Å². The summed E-state index contributed by atoms with van der Waals surface area (Å²) in [5, 5.41) is 3.62. The zero-order chi connectivity index (χ0) is 20.6. The van der Waals surface area contributed by atoms with Crippen LogP contribution in [0.1, 0.15) is 41.0 Å². The Kier molecular flexibility index (Phi) is 5.38. The molecule has 0 aliphatic carbocycles. The molecule has 0 saturated carbocycles. The average Bonchev–Trinajstić information content (AvgIpc) is 3.25. The molecule has 0 bridgehead atoms. The Balaban J connectivity index is 1.89. The van der Waals surface area contributed by atoms with Gasteiger partial charge in [0.15, 0.2) is 11.3 Å². The summed E-state index contributed by atoms with van der Waals surface area (Å²) in [5.74, 6) is 0.209. The van der Waals surface area contributed by atoms with E-state index in [1.165, 1.54) is 11.8 Å². The number of nitrogens with zero attached hydrogens (tertiary/aromatic N) is 4. The molecule has 3 rings (SSSR count). The number of rotatable bonds is 5. The lowest BCUT2D eigenvalue weighted by Gasteiger charge is -2.24. The third-order valence-corrected chi connectivity index (χ3v) is 4.87. The highest BCUT2D eigenvalue weighted by Crippen LogP contribution is 2.32. The molecule has 1 atom stereocenters. The Hall–Kier alpha value is -2.55. The van der Waals surface area contributed by atoms with Crippen LogP contribution in [-0.2, 0) is 12.6 Å². The number of halogens is 4. The number of hydrogen-bond acceptors (Lipinski definition) is 4. The van der Waals surface area contributed by atoms with Gasteiger partial charge in [0.05, 0.1) is 6.26 Å². The molecule has 28 heavy (non-hydrogen) atoms. The van der Waals surface area contributed by atoms with Gasteiger partial charge in [-0.25, -0.2) is 9.50 Å². The van der Waals surface area contributed by atoms with E-state index in [0.29, 0.717) is 17.4 Å². The molecule has 0 aromatic carbocycles. The molecule has 3 aromatic rings. The van der Waals surface area contributed by atoms with Crippen LogP contribution < -0.4 is 0 Å². The first kappa shape index (κ1) is 20.2. The summed E-state index contributed by atoms with van der Waals surface area (Å²) in [6, 6.07) is 4.26. The van der Waals surface area contributed by atoms with E-state index in [2.05, 4.69) is 10.1 Å². The van der Waals surface area contributed by atoms with Crippen LogP contribution in [0.5, 0.6) is 0 Å². The molecule has 10 heteroatoms. The van der Waals surface area contributed by atoms with Gasteiger partial charge in [-0.15, -0.1) is 0 Å². The monoisotopic (exact) mass is 414 g/mol. The Morgan fingerprint density at radius 2 is 2.14 bits per heavy atom. The van der Waals surface area contributed by atoms with Crippen LogP contribution >= 0.6 is 11.6 Å². The Labute approximate surface area is 163 Å². The van der Waals surface area contributed by atoms with E-state index in [1.54, 1.807) is 19.4 Å². The van der Waals surface area contributed by atoms with E-state index >= 15 is 0 Å². The molecule has 3 heterocycles. The number of furan rings is 1. The average molecular weight is 415 g/mol. The fourth-order valence-corrected chi connectivity index (χ4v) is 3.06. The van der Waals surface area contributed by atoms with Crippen molar-refractivity contribution in [1.29, 1.82) is 0 Å². The number of aromatic nitrogens is 3. The van der Waals surface area contributed by atoms with Gasteiger partial charge in [-0.1, -0.05) is 11.6 Å². The molecule has 1 amide bonds. The highest BCUT2D eigenvalue weighted by atomic mass is 35.5. The molecule has 0 N–H and O–H groups in total. The minimum absolute atomic E-state index is 0.126. The second-order valence-corrected chi connectivity index (χ2v) is 6.94. The van der Waals surface area contributed by atoms with Gasteiger partial charge in [0.25, 0.3) is 5.91 Å². The smallest absolute Gasteiger partial charge is 0.433 e. The van der Waals surface area contributed by atoms with Crippen molar-refractivity contribution in [2.45, 2.75) is 38.9 Å². The van der Waals surface area contributed by atoms with Crippen LogP contribution in [0.3, 0.4) is 0 Å². The molecule has 150 valence electrons. The van der Waals surface area contributed by atoms with Gasteiger partial charge in [0.1, 0.15) is 16.5 Å². The molecule has 0 spiro atoms. The van der Waals surface area contributed by atoms with Crippen molar-refractivity contribution < 1.29 is 22.4 Å². The van der Waals surface area contributed by atoms with Crippen molar-refractivity contribution in [3.63, 3.8) is 0 Å². The van der Waals surface area contributed by atoms with Gasteiger partial charge in [-0.05, 0) is 38.5 Å². The topological polar surface area (TPSA) is 63.6 Å². The van der Waals surface area contributed by atoms with E-state index in [4.69, 9.17) is 16.0 Å². The number of hydrogen-bond donors (Lipinski definition) is 0. The minimum Gasteiger partial charge on any atom is -0.469 e. The lowest BCUT2D eigenvalue weighted by atomic mass is 10.1. The Morgan fingerprint density at radius 3 is 2.75 bits per heavy atom. The molecule has 6 nitrogen and oxygen atoms in total. The predicted octanol–water partition coefficient (Wildman–Crippen LogP) is 4.40. The minimum atomic E-state index is -4.66. The van der Waals surface area contributed by atoms with Gasteiger partial charge in [0.2, 0.25) is 0 Å². The Bertz CT molecular complexity index is 999. The number of amides is 1. The van der Waals surface area contributed by atoms with Crippen molar-refractivity contribution in [3.8, 4) is 0 Å². The van der Waals surface area contributed by atoms with Crippen LogP contribution in [-0.4, -0.2) is 38.5 Å². The van der Waals surface area contributed by atoms with E-state index in [1.807, 2.05) is 13.0 Å². The molecule has 1 unspecified atom stereocenters. The summed E-state index contributed by atoms with van der Waals surface area (Å²) < 4.78 is 45.8. The van der Waals surface area contributed by atoms with Gasteiger partial charge in [0, 0.05) is 25.2 Å². The summed E-state index contributed by atoms with van der Waals surface area (Å²) in [5.41, 5.74) is -1.38. The number of carbonyl (C=O) groups excluding carboxylic acids is 1. The van der Waals surface area contributed by atoms with Crippen molar-refractivity contribution in [2.75, 3.05) is 7.05 Å². The fraction of sp³-hybridized carbons (Fsp3) is 0.389. The van der Waals surface area contributed by atoms with Crippen molar-refractivity contribution in [3.05, 3.63) is 52.3 Å². The first-order valence-corrected chi connectivity index (χ1v) is 8.90. The summed E-state index contributed by atoms with van der Waals surface area (Å²) in [7, 11) is 1.55. The maximum Gasteiger partial charge on any atom is 0.433 e. The molecule has 0 fully saturated rings. The predicted molar refractivity (Wildman–Crippen MR) is 96.3 cm³/mol. The molecule has 3 aromatic heterocycles. The first-order valence-electron chi connectivity index (χ1n) is 8.52. The second-order valence-electron chi connectivity index (χ2n) is 6.56. The maximum atomic E-state index is 13.3. The lowest BCUT2D eigenvalue weighted by molar-refractivity contribution is -0.142. The number of aryl methyl sites for hydroxylation is 2. The molecule has 0 aliphatic rings. The van der Waals surface area contributed by atoms with Crippen LogP contribution in [0.2, 0.25) is 5.02 Å². The standard InChI is InChI=1S/C18H18ClF3N4O2/c1-10-9-13(18(20,21)22)26-16(23-10)14(19)15(24-26)17(27)25(3)11(2)6-7-12-5-4-8-28-12/h4-5,8-9,11H,6-7H2,1-3H3. The molecule has 0 saturated heterocycles.